The van der Waals surface area contributed by atoms with Crippen LogP contribution in [0.5, 0.6) is 0 Å². The topological polar surface area (TPSA) is 92.2 Å². The number of aromatic nitrogens is 2. The van der Waals surface area contributed by atoms with Gasteiger partial charge in [-0.2, -0.15) is 0 Å². The van der Waals surface area contributed by atoms with Crippen LogP contribution in [0.1, 0.15) is 33.3 Å². The second-order valence-corrected chi connectivity index (χ2v) is 4.06. The Bertz CT molecular complexity index is 638. The van der Waals surface area contributed by atoms with Gasteiger partial charge in [0.25, 0.3) is 5.91 Å². The lowest BCUT2D eigenvalue weighted by Gasteiger charge is -2.06. The second kappa shape index (κ2) is 5.92. The largest absolute Gasteiger partial charge is 0.476 e. The van der Waals surface area contributed by atoms with Crippen LogP contribution in [0, 0.1) is 0 Å². The molecule has 1 amide bonds. The number of hydrogen-bond donors (Lipinski definition) is 2. The lowest BCUT2D eigenvalue weighted by Crippen LogP contribution is -2.17. The first-order chi connectivity index (χ1) is 9.61. The molecule has 1 aromatic carbocycles. The summed E-state index contributed by atoms with van der Waals surface area (Å²) in [7, 11) is 0. The number of nitrogens with one attached hydrogen (secondary N) is 1. The average molecular weight is 271 g/mol. The van der Waals surface area contributed by atoms with Gasteiger partial charge >= 0.3 is 5.97 Å². The van der Waals surface area contributed by atoms with Crippen molar-refractivity contribution in [2.24, 2.45) is 0 Å². The van der Waals surface area contributed by atoms with Crippen LogP contribution in [0.4, 0.5) is 5.82 Å². The van der Waals surface area contributed by atoms with E-state index in [-0.39, 0.29) is 11.5 Å². The first-order valence-corrected chi connectivity index (χ1v) is 6.06. The summed E-state index contributed by atoms with van der Waals surface area (Å²) in [4.78, 5) is 30.5. The SMILES string of the molecule is CCc1ccc(C(=O)Nc2nccnc2C(=O)O)cc1. The molecule has 20 heavy (non-hydrogen) atoms. The molecule has 0 saturated carbocycles. The maximum absolute atomic E-state index is 12.0. The molecule has 2 aromatic rings. The highest BCUT2D eigenvalue weighted by molar-refractivity contribution is 6.06. The average Bonchev–Trinajstić information content (AvgIpc) is 2.47. The lowest BCUT2D eigenvalue weighted by molar-refractivity contribution is 0.0691. The number of carbonyl (C=O) groups is 2. The van der Waals surface area contributed by atoms with Crippen molar-refractivity contribution >= 4 is 17.7 Å². The summed E-state index contributed by atoms with van der Waals surface area (Å²) < 4.78 is 0. The molecule has 0 radical (unpaired) electrons. The highest BCUT2D eigenvalue weighted by Gasteiger charge is 2.15. The molecule has 6 heteroatoms. The fourth-order valence-electron chi connectivity index (χ4n) is 1.66. The van der Waals surface area contributed by atoms with E-state index in [9.17, 15) is 9.59 Å². The van der Waals surface area contributed by atoms with Crippen molar-refractivity contribution in [1.29, 1.82) is 0 Å². The highest BCUT2D eigenvalue weighted by atomic mass is 16.4. The molecule has 0 aliphatic carbocycles. The summed E-state index contributed by atoms with van der Waals surface area (Å²) in [5.74, 6) is -1.73. The zero-order valence-electron chi connectivity index (χ0n) is 10.8. The molecule has 0 spiro atoms. The number of aryl methyl sites for hydroxylation is 1. The van der Waals surface area contributed by atoms with Gasteiger partial charge < -0.3 is 10.4 Å². The van der Waals surface area contributed by atoms with Crippen molar-refractivity contribution in [2.45, 2.75) is 13.3 Å². The maximum Gasteiger partial charge on any atom is 0.358 e. The van der Waals surface area contributed by atoms with E-state index in [0.717, 1.165) is 12.0 Å². The van der Waals surface area contributed by atoms with Crippen molar-refractivity contribution in [3.63, 3.8) is 0 Å². The molecule has 0 atom stereocenters. The van der Waals surface area contributed by atoms with Gasteiger partial charge in [0.1, 0.15) is 0 Å². The van der Waals surface area contributed by atoms with Crippen molar-refractivity contribution in [3.05, 3.63) is 53.5 Å². The van der Waals surface area contributed by atoms with Crippen LogP contribution in [-0.2, 0) is 6.42 Å². The van der Waals surface area contributed by atoms with Gasteiger partial charge in [-0.1, -0.05) is 19.1 Å². The van der Waals surface area contributed by atoms with Crippen LogP contribution in [0.15, 0.2) is 36.7 Å². The van der Waals surface area contributed by atoms with Crippen LogP contribution in [0.2, 0.25) is 0 Å². The first-order valence-electron chi connectivity index (χ1n) is 6.06. The Morgan fingerprint density at radius 2 is 1.80 bits per heavy atom. The molecule has 0 saturated heterocycles. The lowest BCUT2D eigenvalue weighted by atomic mass is 10.1. The summed E-state index contributed by atoms with van der Waals surface area (Å²) in [5.41, 5.74) is 1.27. The van der Waals surface area contributed by atoms with Gasteiger partial charge in [-0.25, -0.2) is 14.8 Å². The zero-order chi connectivity index (χ0) is 14.5. The van der Waals surface area contributed by atoms with Crippen LogP contribution < -0.4 is 5.32 Å². The number of hydrogen-bond acceptors (Lipinski definition) is 4. The van der Waals surface area contributed by atoms with E-state index in [2.05, 4.69) is 15.3 Å². The summed E-state index contributed by atoms with van der Waals surface area (Å²) in [6, 6.07) is 7.07. The number of nitrogens with zero attached hydrogens (tertiary/aromatic N) is 2. The molecular formula is C14H13N3O3. The molecule has 0 aliphatic rings. The van der Waals surface area contributed by atoms with Crippen LogP contribution >= 0.6 is 0 Å². The van der Waals surface area contributed by atoms with Crippen molar-refractivity contribution in [2.75, 3.05) is 5.32 Å². The third kappa shape index (κ3) is 2.97. The molecule has 2 rings (SSSR count). The van der Waals surface area contributed by atoms with E-state index in [0.29, 0.717) is 5.56 Å². The molecule has 102 valence electrons. The molecule has 0 unspecified atom stereocenters. The molecular weight excluding hydrogens is 258 g/mol. The number of anilines is 1. The second-order valence-electron chi connectivity index (χ2n) is 4.06. The Morgan fingerprint density at radius 3 is 2.40 bits per heavy atom. The quantitative estimate of drug-likeness (QED) is 0.887. The van der Waals surface area contributed by atoms with E-state index in [1.165, 1.54) is 12.4 Å². The van der Waals surface area contributed by atoms with Gasteiger partial charge in [0.2, 0.25) is 0 Å². The third-order valence-electron chi connectivity index (χ3n) is 2.76. The van der Waals surface area contributed by atoms with E-state index in [1.54, 1.807) is 12.1 Å². The van der Waals surface area contributed by atoms with Crippen LogP contribution in [0.25, 0.3) is 0 Å². The fourth-order valence-corrected chi connectivity index (χ4v) is 1.66. The molecule has 0 aliphatic heterocycles. The number of benzene rings is 1. The number of carbonyl (C=O) groups excluding carboxylic acids is 1. The molecule has 2 N–H and O–H groups in total. The van der Waals surface area contributed by atoms with Crippen molar-refractivity contribution in [3.8, 4) is 0 Å². The molecule has 0 fully saturated rings. The third-order valence-corrected chi connectivity index (χ3v) is 2.76. The van der Waals surface area contributed by atoms with E-state index in [4.69, 9.17) is 5.11 Å². The van der Waals surface area contributed by atoms with Crippen molar-refractivity contribution in [1.82, 2.24) is 9.97 Å². The van der Waals surface area contributed by atoms with E-state index in [1.807, 2.05) is 19.1 Å². The van der Waals surface area contributed by atoms with Crippen LogP contribution in [-0.4, -0.2) is 27.0 Å². The number of amides is 1. The number of carboxylic acid groups (broad SMARTS) is 1. The smallest absolute Gasteiger partial charge is 0.358 e. The predicted molar refractivity (Wildman–Crippen MR) is 72.8 cm³/mol. The molecule has 1 aromatic heterocycles. The van der Waals surface area contributed by atoms with Gasteiger partial charge in [-0.15, -0.1) is 0 Å². The molecule has 1 heterocycles. The minimum atomic E-state index is -1.24. The summed E-state index contributed by atoms with van der Waals surface area (Å²) in [6.07, 6.45) is 3.46. The summed E-state index contributed by atoms with van der Waals surface area (Å²) >= 11 is 0. The van der Waals surface area contributed by atoms with Crippen LogP contribution in [0.3, 0.4) is 0 Å². The zero-order valence-corrected chi connectivity index (χ0v) is 10.8. The first kappa shape index (κ1) is 13.7. The minimum absolute atomic E-state index is 0.0652. The summed E-state index contributed by atoms with van der Waals surface area (Å²) in [5, 5.41) is 11.4. The Labute approximate surface area is 115 Å². The molecule has 0 bridgehead atoms. The summed E-state index contributed by atoms with van der Waals surface area (Å²) in [6.45, 7) is 2.02. The minimum Gasteiger partial charge on any atom is -0.476 e. The van der Waals surface area contributed by atoms with E-state index < -0.39 is 11.9 Å². The molecule has 6 nitrogen and oxygen atoms in total. The predicted octanol–water partition coefficient (Wildman–Crippen LogP) is 1.99. The van der Waals surface area contributed by atoms with Crippen molar-refractivity contribution < 1.29 is 14.7 Å². The standard InChI is InChI=1S/C14H13N3O3/c1-2-9-3-5-10(6-4-9)13(18)17-12-11(14(19)20)15-7-8-16-12/h3-8H,2H2,1H3,(H,19,20)(H,16,17,18). The Hall–Kier alpha value is -2.76. The van der Waals surface area contributed by atoms with Gasteiger partial charge in [0.15, 0.2) is 11.5 Å². The maximum atomic E-state index is 12.0. The monoisotopic (exact) mass is 271 g/mol. The van der Waals surface area contributed by atoms with Gasteiger partial charge in [-0.3, -0.25) is 4.79 Å². The Morgan fingerprint density at radius 1 is 1.15 bits per heavy atom. The van der Waals surface area contributed by atoms with Gasteiger partial charge in [-0.05, 0) is 24.1 Å². The highest BCUT2D eigenvalue weighted by Crippen LogP contribution is 2.11. The van der Waals surface area contributed by atoms with Gasteiger partial charge in [0, 0.05) is 18.0 Å². The number of rotatable bonds is 4. The fraction of sp³-hybridized carbons (Fsp3) is 0.143. The Balaban J connectivity index is 2.21. The Kier molecular flexibility index (Phi) is 4.05. The normalized spacial score (nSPS) is 10.1. The van der Waals surface area contributed by atoms with Gasteiger partial charge in [0.05, 0.1) is 0 Å². The van der Waals surface area contributed by atoms with E-state index >= 15 is 0 Å². The number of carboxylic acids is 1. The number of aromatic carboxylic acids is 1.